The van der Waals surface area contributed by atoms with Crippen LogP contribution in [0, 0.1) is 22.7 Å². The van der Waals surface area contributed by atoms with Crippen LogP contribution in [0.15, 0.2) is 24.3 Å². The molecule has 4 amide bonds. The maximum Gasteiger partial charge on any atom is 0.243 e. The molecule has 1 aromatic rings. The van der Waals surface area contributed by atoms with Crippen LogP contribution in [-0.4, -0.2) is 61.1 Å². The zero-order chi connectivity index (χ0) is 28.9. The molecule has 2 rings (SSSR count). The SMILES string of the molecule is CNC(=O)C(Cc1ccc(C(=N)N)cc1)C(=O)N[C@H](C(=O)NC(CCCNC(=N)N)C(N)=O)C1CCCCC1. The van der Waals surface area contributed by atoms with Gasteiger partial charge in [-0.15, -0.1) is 0 Å². The molecule has 1 fully saturated rings. The van der Waals surface area contributed by atoms with Gasteiger partial charge in [-0.25, -0.2) is 0 Å². The molecule has 13 heteroatoms. The van der Waals surface area contributed by atoms with Crippen LogP contribution in [0.2, 0.25) is 0 Å². The predicted octanol–water partition coefficient (Wildman–Crippen LogP) is -0.826. The van der Waals surface area contributed by atoms with E-state index in [1.807, 2.05) is 0 Å². The summed E-state index contributed by atoms with van der Waals surface area (Å²) in [6, 6.07) is 4.77. The molecular weight excluding hydrogens is 502 g/mol. The molecule has 0 heterocycles. The summed E-state index contributed by atoms with van der Waals surface area (Å²) in [5, 5.41) is 25.4. The Bertz CT molecular complexity index is 1040. The van der Waals surface area contributed by atoms with Crippen LogP contribution >= 0.6 is 0 Å². The molecule has 12 N–H and O–H groups in total. The molecule has 0 bridgehead atoms. The number of nitrogens with one attached hydrogen (secondary N) is 6. The van der Waals surface area contributed by atoms with Crippen molar-refractivity contribution in [3.05, 3.63) is 35.4 Å². The highest BCUT2D eigenvalue weighted by molar-refractivity contribution is 6.02. The number of carbonyl (C=O) groups excluding carboxylic acids is 4. The number of amides is 4. The van der Waals surface area contributed by atoms with E-state index >= 15 is 0 Å². The number of benzene rings is 1. The molecule has 1 saturated carbocycles. The van der Waals surface area contributed by atoms with Gasteiger partial charge in [-0.05, 0) is 43.6 Å². The minimum atomic E-state index is -1.11. The smallest absolute Gasteiger partial charge is 0.243 e. The van der Waals surface area contributed by atoms with Gasteiger partial charge >= 0.3 is 0 Å². The van der Waals surface area contributed by atoms with Crippen molar-refractivity contribution < 1.29 is 19.2 Å². The van der Waals surface area contributed by atoms with Crippen molar-refractivity contribution in [3.63, 3.8) is 0 Å². The maximum atomic E-state index is 13.4. The maximum absolute atomic E-state index is 13.4. The minimum absolute atomic E-state index is 0.0791. The second-order valence-corrected chi connectivity index (χ2v) is 9.81. The molecule has 3 atom stereocenters. The Morgan fingerprint density at radius 2 is 1.56 bits per heavy atom. The van der Waals surface area contributed by atoms with Crippen LogP contribution in [0.1, 0.15) is 56.1 Å². The van der Waals surface area contributed by atoms with Crippen LogP contribution in [0.5, 0.6) is 0 Å². The minimum Gasteiger partial charge on any atom is -0.384 e. The largest absolute Gasteiger partial charge is 0.384 e. The fourth-order valence-electron chi connectivity index (χ4n) is 4.73. The molecule has 214 valence electrons. The molecule has 0 spiro atoms. The summed E-state index contributed by atoms with van der Waals surface area (Å²) >= 11 is 0. The number of primary amides is 1. The van der Waals surface area contributed by atoms with Gasteiger partial charge in [0.25, 0.3) is 0 Å². The second kappa shape index (κ2) is 15.3. The first-order valence-corrected chi connectivity index (χ1v) is 13.2. The average molecular weight is 544 g/mol. The van der Waals surface area contributed by atoms with Crippen LogP contribution in [0.3, 0.4) is 0 Å². The Kier molecular flexibility index (Phi) is 12.2. The summed E-state index contributed by atoms with van der Waals surface area (Å²) in [6.07, 6.45) is 5.01. The number of guanidine groups is 1. The number of rotatable bonds is 14. The monoisotopic (exact) mass is 543 g/mol. The second-order valence-electron chi connectivity index (χ2n) is 9.81. The highest BCUT2D eigenvalue weighted by atomic mass is 16.2. The van der Waals surface area contributed by atoms with E-state index in [0.717, 1.165) is 32.1 Å². The van der Waals surface area contributed by atoms with Crippen LogP contribution < -0.4 is 38.5 Å². The van der Waals surface area contributed by atoms with E-state index in [2.05, 4.69) is 21.3 Å². The van der Waals surface area contributed by atoms with E-state index in [1.165, 1.54) is 7.05 Å². The summed E-state index contributed by atoms with van der Waals surface area (Å²) < 4.78 is 0. The zero-order valence-electron chi connectivity index (χ0n) is 22.3. The highest BCUT2D eigenvalue weighted by Gasteiger charge is 2.36. The number of carbonyl (C=O) groups is 4. The summed E-state index contributed by atoms with van der Waals surface area (Å²) in [5.74, 6) is -3.89. The average Bonchev–Trinajstić information content (AvgIpc) is 2.91. The predicted molar refractivity (Wildman–Crippen MR) is 148 cm³/mol. The first-order chi connectivity index (χ1) is 18.5. The van der Waals surface area contributed by atoms with E-state index in [1.54, 1.807) is 24.3 Å². The highest BCUT2D eigenvalue weighted by Crippen LogP contribution is 2.27. The van der Waals surface area contributed by atoms with Gasteiger partial charge in [0.15, 0.2) is 5.96 Å². The van der Waals surface area contributed by atoms with Crippen molar-refractivity contribution in [2.75, 3.05) is 13.6 Å². The Hall–Kier alpha value is -4.16. The van der Waals surface area contributed by atoms with E-state index in [4.69, 9.17) is 28.0 Å². The Morgan fingerprint density at radius 1 is 0.923 bits per heavy atom. The summed E-state index contributed by atoms with van der Waals surface area (Å²) in [5.41, 5.74) is 17.5. The zero-order valence-corrected chi connectivity index (χ0v) is 22.3. The first-order valence-electron chi connectivity index (χ1n) is 13.2. The van der Waals surface area contributed by atoms with Crippen molar-refractivity contribution in [1.82, 2.24) is 21.3 Å². The van der Waals surface area contributed by atoms with Gasteiger partial charge in [0.1, 0.15) is 23.8 Å². The van der Waals surface area contributed by atoms with E-state index in [9.17, 15) is 19.2 Å². The van der Waals surface area contributed by atoms with Crippen molar-refractivity contribution in [2.24, 2.45) is 29.0 Å². The lowest BCUT2D eigenvalue weighted by Gasteiger charge is -2.32. The first kappa shape index (κ1) is 31.1. The number of hydrogen-bond donors (Lipinski definition) is 9. The summed E-state index contributed by atoms with van der Waals surface area (Å²) in [6.45, 7) is 0.332. The van der Waals surface area contributed by atoms with Gasteiger partial charge in [0.2, 0.25) is 23.6 Å². The van der Waals surface area contributed by atoms with Gasteiger partial charge in [-0.1, -0.05) is 43.5 Å². The molecule has 1 aliphatic rings. The van der Waals surface area contributed by atoms with Crippen molar-refractivity contribution >= 4 is 35.4 Å². The molecule has 0 aromatic heterocycles. The molecule has 0 saturated heterocycles. The van der Waals surface area contributed by atoms with Crippen molar-refractivity contribution in [1.29, 1.82) is 10.8 Å². The van der Waals surface area contributed by atoms with Gasteiger partial charge < -0.3 is 38.5 Å². The van der Waals surface area contributed by atoms with Crippen LogP contribution in [-0.2, 0) is 25.6 Å². The molecule has 2 unspecified atom stereocenters. The number of nitrogen functional groups attached to an aromatic ring is 1. The van der Waals surface area contributed by atoms with E-state index in [-0.39, 0.29) is 30.6 Å². The molecule has 39 heavy (non-hydrogen) atoms. The standard InChI is InChI=1S/C26H41N9O4/c1-32-23(37)18(14-15-9-11-17(12-10-15)21(27)28)24(38)35-20(16-6-3-2-4-7-16)25(39)34-19(22(29)36)8-5-13-33-26(30)31/h9-12,16,18-20H,2-8,13-14H2,1H3,(H3,27,28)(H2,29,36)(H,32,37)(H,34,39)(H,35,38)(H4,30,31,33)/t18?,19?,20-/m0/s1. The lowest BCUT2D eigenvalue weighted by atomic mass is 9.83. The lowest BCUT2D eigenvalue weighted by molar-refractivity contribution is -0.138. The van der Waals surface area contributed by atoms with Crippen LogP contribution in [0.25, 0.3) is 0 Å². The van der Waals surface area contributed by atoms with Gasteiger partial charge in [-0.3, -0.25) is 30.0 Å². The quantitative estimate of drug-likeness (QED) is 0.0623. The number of hydrogen-bond acceptors (Lipinski definition) is 6. The molecule has 1 aromatic carbocycles. The number of amidine groups is 1. The van der Waals surface area contributed by atoms with Gasteiger partial charge in [0.05, 0.1) is 0 Å². The topological polar surface area (TPSA) is 242 Å². The van der Waals surface area contributed by atoms with Gasteiger partial charge in [-0.2, -0.15) is 0 Å². The van der Waals surface area contributed by atoms with Crippen molar-refractivity contribution in [3.8, 4) is 0 Å². The molecule has 0 radical (unpaired) electrons. The lowest BCUT2D eigenvalue weighted by Crippen LogP contribution is -2.57. The number of nitrogens with two attached hydrogens (primary N) is 3. The third-order valence-corrected chi connectivity index (χ3v) is 6.93. The molecule has 13 nitrogen and oxygen atoms in total. The molecular formula is C26H41N9O4. The molecule has 1 aliphatic carbocycles. The Morgan fingerprint density at radius 3 is 2.10 bits per heavy atom. The van der Waals surface area contributed by atoms with Crippen molar-refractivity contribution in [2.45, 2.75) is 63.5 Å². The third kappa shape index (κ3) is 9.91. The fourth-order valence-corrected chi connectivity index (χ4v) is 4.73. The van der Waals surface area contributed by atoms with Gasteiger partial charge in [0, 0.05) is 19.2 Å². The Balaban J connectivity index is 2.19. The fraction of sp³-hybridized carbons (Fsp3) is 0.538. The normalized spacial score (nSPS) is 15.7. The molecule has 0 aliphatic heterocycles. The summed E-state index contributed by atoms with van der Waals surface area (Å²) in [7, 11) is 1.44. The van der Waals surface area contributed by atoms with Crippen LogP contribution in [0.4, 0.5) is 0 Å². The third-order valence-electron chi connectivity index (χ3n) is 6.93. The van der Waals surface area contributed by atoms with E-state index in [0.29, 0.717) is 24.1 Å². The van der Waals surface area contributed by atoms with E-state index < -0.39 is 41.6 Å². The summed E-state index contributed by atoms with van der Waals surface area (Å²) in [4.78, 5) is 51.6. The Labute approximate surface area is 228 Å².